The first-order valence-electron chi connectivity index (χ1n) is 4.93. The van der Waals surface area contributed by atoms with E-state index in [1.165, 1.54) is 12.6 Å². The Kier molecular flexibility index (Phi) is 141. The maximum Gasteiger partial charge on any atom is 0.0480 e. The van der Waals surface area contributed by atoms with Gasteiger partial charge in [-0.25, -0.2) is 0 Å². The lowest BCUT2D eigenvalue weighted by Crippen LogP contribution is -1.78. The lowest BCUT2D eigenvalue weighted by atomic mass is 10.5. The molecular weight excluding hydrogens is 150 g/mol. The number of rotatable bonds is 2. The molecule has 0 radical (unpaired) electrons. The van der Waals surface area contributed by atoms with Crippen LogP contribution in [0.4, 0.5) is 0 Å². The standard InChI is InChI=1S/C3H7NO.C3H8.2C2H6/c4-2-1-3-5;1-3-2;2*1-2/h2,4-5H,1,3H2;3H2,1-2H3;2*1-2H3. The SMILES string of the molecule is CC.CC.CCC.N=CCCO. The van der Waals surface area contributed by atoms with Crippen molar-refractivity contribution in [2.75, 3.05) is 6.61 Å². The van der Waals surface area contributed by atoms with Gasteiger partial charge in [0.1, 0.15) is 0 Å². The fraction of sp³-hybridized carbons (Fsp3) is 0.900. The number of aliphatic hydroxyl groups excluding tert-OH is 1. The second kappa shape index (κ2) is 74.8. The summed E-state index contributed by atoms with van der Waals surface area (Å²) in [6.07, 6.45) is 2.92. The fourth-order valence-corrected chi connectivity index (χ4v) is 0.0645. The fourth-order valence-electron chi connectivity index (χ4n) is 0.0645. The molecule has 0 aliphatic carbocycles. The smallest absolute Gasteiger partial charge is 0.0480 e. The van der Waals surface area contributed by atoms with E-state index in [1.807, 2.05) is 27.7 Å². The lowest BCUT2D eigenvalue weighted by molar-refractivity contribution is 0.308. The molecule has 2 nitrogen and oxygen atoms in total. The molecule has 0 spiro atoms. The highest BCUT2D eigenvalue weighted by Crippen LogP contribution is 1.59. The van der Waals surface area contributed by atoms with E-state index in [9.17, 15) is 0 Å². The average Bonchev–Trinajstić information content (AvgIpc) is 2.14. The van der Waals surface area contributed by atoms with Crippen LogP contribution in [0.1, 0.15) is 54.4 Å². The predicted octanol–water partition coefficient (Wildman–Crippen LogP) is 3.49. The van der Waals surface area contributed by atoms with Gasteiger partial charge in [-0.2, -0.15) is 0 Å². The molecule has 2 N–H and O–H groups in total. The van der Waals surface area contributed by atoms with Crippen molar-refractivity contribution in [2.45, 2.75) is 54.4 Å². The molecule has 0 aromatic rings. The van der Waals surface area contributed by atoms with Crippen LogP contribution < -0.4 is 0 Å². The van der Waals surface area contributed by atoms with Gasteiger partial charge >= 0.3 is 0 Å². The third-order valence-electron chi connectivity index (χ3n) is 0.273. The van der Waals surface area contributed by atoms with Crippen molar-refractivity contribution < 1.29 is 5.11 Å². The first-order chi connectivity index (χ1) is 5.83. The Bertz CT molecular complexity index is 38.8. The van der Waals surface area contributed by atoms with Crippen LogP contribution in [0.2, 0.25) is 0 Å². The normalized spacial score (nSPS) is 5.58. The van der Waals surface area contributed by atoms with E-state index in [0.717, 1.165) is 0 Å². The summed E-state index contributed by atoms with van der Waals surface area (Å²) in [5.74, 6) is 0. The zero-order valence-electron chi connectivity index (χ0n) is 9.65. The van der Waals surface area contributed by atoms with E-state index >= 15 is 0 Å². The quantitative estimate of drug-likeness (QED) is 0.623. The number of hydrogen-bond acceptors (Lipinski definition) is 2. The van der Waals surface area contributed by atoms with Gasteiger partial charge in [0.05, 0.1) is 0 Å². The molecule has 0 saturated carbocycles. The van der Waals surface area contributed by atoms with Gasteiger partial charge in [0.25, 0.3) is 0 Å². The molecular formula is C10H27NO. The van der Waals surface area contributed by atoms with Crippen LogP contribution in [0.3, 0.4) is 0 Å². The number of hydrogen-bond donors (Lipinski definition) is 2. The minimum Gasteiger partial charge on any atom is -0.396 e. The molecule has 0 aliphatic rings. The summed E-state index contributed by atoms with van der Waals surface area (Å²) in [6.45, 7) is 12.4. The number of nitrogens with one attached hydrogen (secondary N) is 1. The highest BCUT2D eigenvalue weighted by molar-refractivity contribution is 5.52. The summed E-state index contributed by atoms with van der Waals surface area (Å²) < 4.78 is 0. The van der Waals surface area contributed by atoms with Gasteiger partial charge in [0, 0.05) is 13.0 Å². The monoisotopic (exact) mass is 177 g/mol. The van der Waals surface area contributed by atoms with Gasteiger partial charge in [-0.05, 0) is 6.21 Å². The first kappa shape index (κ1) is 22.6. The Balaban J connectivity index is -0.0000000397. The minimum atomic E-state index is 0.101. The Morgan fingerprint density at radius 2 is 1.33 bits per heavy atom. The zero-order chi connectivity index (χ0) is 10.8. The second-order valence-electron chi connectivity index (χ2n) is 1.42. The van der Waals surface area contributed by atoms with Gasteiger partial charge in [-0.1, -0.05) is 48.0 Å². The van der Waals surface area contributed by atoms with Crippen molar-refractivity contribution in [1.82, 2.24) is 0 Å². The molecule has 0 unspecified atom stereocenters. The summed E-state index contributed by atoms with van der Waals surface area (Å²) in [7, 11) is 0. The van der Waals surface area contributed by atoms with Crippen LogP contribution >= 0.6 is 0 Å². The Morgan fingerprint density at radius 3 is 1.33 bits per heavy atom. The molecule has 0 aromatic carbocycles. The molecule has 0 fully saturated rings. The molecule has 78 valence electrons. The Hall–Kier alpha value is -0.370. The van der Waals surface area contributed by atoms with E-state index in [0.29, 0.717) is 6.42 Å². The maximum atomic E-state index is 7.92. The van der Waals surface area contributed by atoms with Gasteiger partial charge < -0.3 is 10.5 Å². The molecule has 0 saturated heterocycles. The second-order valence-corrected chi connectivity index (χ2v) is 1.42. The largest absolute Gasteiger partial charge is 0.396 e. The van der Waals surface area contributed by atoms with Crippen molar-refractivity contribution in [2.24, 2.45) is 0 Å². The molecule has 0 bridgehead atoms. The summed E-state index contributed by atoms with van der Waals surface area (Å²) >= 11 is 0. The summed E-state index contributed by atoms with van der Waals surface area (Å²) in [5, 5.41) is 14.2. The van der Waals surface area contributed by atoms with Crippen molar-refractivity contribution in [3.05, 3.63) is 0 Å². The molecule has 0 aromatic heterocycles. The van der Waals surface area contributed by atoms with Crippen LogP contribution in [-0.4, -0.2) is 17.9 Å². The number of aliphatic hydroxyl groups is 1. The van der Waals surface area contributed by atoms with E-state index in [1.54, 1.807) is 0 Å². The lowest BCUT2D eigenvalue weighted by Gasteiger charge is -1.72. The molecule has 12 heavy (non-hydrogen) atoms. The van der Waals surface area contributed by atoms with Gasteiger partial charge in [0.15, 0.2) is 0 Å². The van der Waals surface area contributed by atoms with Crippen molar-refractivity contribution in [3.63, 3.8) is 0 Å². The Labute approximate surface area is 78.5 Å². The highest BCUT2D eigenvalue weighted by atomic mass is 16.2. The summed E-state index contributed by atoms with van der Waals surface area (Å²) in [5.41, 5.74) is 0. The van der Waals surface area contributed by atoms with E-state index in [2.05, 4.69) is 13.8 Å². The van der Waals surface area contributed by atoms with Crippen LogP contribution in [0.25, 0.3) is 0 Å². The predicted molar refractivity (Wildman–Crippen MR) is 59.1 cm³/mol. The van der Waals surface area contributed by atoms with E-state index in [4.69, 9.17) is 10.5 Å². The molecule has 0 amide bonds. The van der Waals surface area contributed by atoms with Gasteiger partial charge in [-0.15, -0.1) is 0 Å². The average molecular weight is 177 g/mol. The van der Waals surface area contributed by atoms with Crippen LogP contribution in [0.15, 0.2) is 0 Å². The van der Waals surface area contributed by atoms with Crippen molar-refractivity contribution >= 4 is 6.21 Å². The van der Waals surface area contributed by atoms with Gasteiger partial charge in [0.2, 0.25) is 0 Å². The molecule has 2 heteroatoms. The molecule has 0 heterocycles. The van der Waals surface area contributed by atoms with Gasteiger partial charge in [-0.3, -0.25) is 0 Å². The Morgan fingerprint density at radius 1 is 1.08 bits per heavy atom. The van der Waals surface area contributed by atoms with Crippen LogP contribution in [0, 0.1) is 5.41 Å². The van der Waals surface area contributed by atoms with Crippen LogP contribution in [-0.2, 0) is 0 Å². The van der Waals surface area contributed by atoms with E-state index in [-0.39, 0.29) is 6.61 Å². The zero-order valence-corrected chi connectivity index (χ0v) is 9.65. The first-order valence-corrected chi connectivity index (χ1v) is 4.93. The third-order valence-corrected chi connectivity index (χ3v) is 0.273. The van der Waals surface area contributed by atoms with Crippen molar-refractivity contribution in [1.29, 1.82) is 5.41 Å². The third kappa shape index (κ3) is 270. The highest BCUT2D eigenvalue weighted by Gasteiger charge is 1.64. The minimum absolute atomic E-state index is 0.101. The van der Waals surface area contributed by atoms with Crippen LogP contribution in [0.5, 0.6) is 0 Å². The molecule has 0 aliphatic heterocycles. The molecule has 0 rings (SSSR count). The molecule has 0 atom stereocenters. The summed E-state index contributed by atoms with van der Waals surface area (Å²) in [6, 6.07) is 0. The van der Waals surface area contributed by atoms with Crippen molar-refractivity contribution in [3.8, 4) is 0 Å². The maximum absolute atomic E-state index is 7.92. The summed E-state index contributed by atoms with van der Waals surface area (Å²) in [4.78, 5) is 0. The van der Waals surface area contributed by atoms with E-state index < -0.39 is 0 Å². The topological polar surface area (TPSA) is 44.1 Å².